The molecule has 0 amide bonds. The molecule has 146 valence electrons. The van der Waals surface area contributed by atoms with Crippen LogP contribution in [0.4, 0.5) is 0 Å². The first-order chi connectivity index (χ1) is 11.9. The molecule has 25 heavy (non-hydrogen) atoms. The van der Waals surface area contributed by atoms with Gasteiger partial charge >= 0.3 is 5.97 Å². The summed E-state index contributed by atoms with van der Waals surface area (Å²) in [5, 5.41) is 9.06. The van der Waals surface area contributed by atoms with Crippen LogP contribution in [0.5, 0.6) is 0 Å². The van der Waals surface area contributed by atoms with Crippen LogP contribution < -0.4 is 0 Å². The van der Waals surface area contributed by atoms with Crippen molar-refractivity contribution in [3.8, 4) is 0 Å². The Labute approximate surface area is 153 Å². The topological polar surface area (TPSA) is 55.8 Å². The minimum atomic E-state index is -0.829. The molecular formula is C21H38O4. The van der Waals surface area contributed by atoms with E-state index in [-0.39, 0.29) is 18.4 Å². The quantitative estimate of drug-likeness (QED) is 0.370. The van der Waals surface area contributed by atoms with Gasteiger partial charge in [-0.15, -0.1) is 0 Å². The van der Waals surface area contributed by atoms with Crippen molar-refractivity contribution in [1.82, 2.24) is 0 Å². The van der Waals surface area contributed by atoms with Crippen LogP contribution in [0.15, 0.2) is 11.6 Å². The number of carboxylic acids is 1. The average molecular weight is 355 g/mol. The Hall–Kier alpha value is -0.870. The highest BCUT2D eigenvalue weighted by Crippen LogP contribution is 2.39. The molecule has 4 nitrogen and oxygen atoms in total. The highest BCUT2D eigenvalue weighted by atomic mass is 17.2. The number of allylic oxidation sites excluding steroid dienone is 1. The minimum absolute atomic E-state index is 0.00985. The van der Waals surface area contributed by atoms with Crippen molar-refractivity contribution in [3.05, 3.63) is 11.6 Å². The lowest BCUT2D eigenvalue weighted by atomic mass is 9.80. The van der Waals surface area contributed by atoms with Crippen molar-refractivity contribution in [2.45, 2.75) is 104 Å². The van der Waals surface area contributed by atoms with Crippen molar-refractivity contribution in [1.29, 1.82) is 0 Å². The summed E-state index contributed by atoms with van der Waals surface area (Å²) >= 11 is 0. The molecule has 1 aliphatic heterocycles. The predicted molar refractivity (Wildman–Crippen MR) is 101 cm³/mol. The molecule has 4 atom stereocenters. The van der Waals surface area contributed by atoms with Gasteiger partial charge in [-0.25, -0.2) is 9.78 Å². The number of hydrogen-bond acceptors (Lipinski definition) is 3. The van der Waals surface area contributed by atoms with Crippen molar-refractivity contribution < 1.29 is 19.7 Å². The van der Waals surface area contributed by atoms with Crippen LogP contribution in [0.1, 0.15) is 92.4 Å². The normalized spacial score (nSPS) is 28.8. The van der Waals surface area contributed by atoms with Gasteiger partial charge in [0.1, 0.15) is 11.7 Å². The van der Waals surface area contributed by atoms with Crippen LogP contribution in [0.2, 0.25) is 0 Å². The first-order valence-electron chi connectivity index (χ1n) is 10.1. The minimum Gasteiger partial charge on any atom is -0.481 e. The molecule has 0 aromatic carbocycles. The zero-order valence-electron chi connectivity index (χ0n) is 16.8. The fourth-order valence-corrected chi connectivity index (χ4v) is 3.92. The molecule has 4 heteroatoms. The zero-order chi connectivity index (χ0) is 18.9. The van der Waals surface area contributed by atoms with Gasteiger partial charge in [0.25, 0.3) is 0 Å². The van der Waals surface area contributed by atoms with Crippen molar-refractivity contribution in [3.63, 3.8) is 0 Å². The summed E-state index contributed by atoms with van der Waals surface area (Å²) in [5.41, 5.74) is 0.947. The van der Waals surface area contributed by atoms with Gasteiger partial charge in [0.15, 0.2) is 0 Å². The fraction of sp³-hybridized carbons (Fsp3) is 0.857. The zero-order valence-corrected chi connectivity index (χ0v) is 16.8. The molecule has 0 bridgehead atoms. The van der Waals surface area contributed by atoms with E-state index >= 15 is 0 Å². The second-order valence-electron chi connectivity index (χ2n) is 7.72. The number of carbonyl (C=O) groups is 1. The Bertz CT molecular complexity index is 432. The third-order valence-corrected chi connectivity index (χ3v) is 5.63. The van der Waals surface area contributed by atoms with Gasteiger partial charge in [-0.1, -0.05) is 71.4 Å². The molecule has 1 unspecified atom stereocenters. The highest BCUT2D eigenvalue weighted by Gasteiger charge is 2.41. The van der Waals surface area contributed by atoms with Gasteiger partial charge in [-0.2, -0.15) is 0 Å². The van der Waals surface area contributed by atoms with E-state index in [4.69, 9.17) is 14.9 Å². The number of hydrogen-bond donors (Lipinski definition) is 1. The van der Waals surface area contributed by atoms with Crippen LogP contribution in [0.25, 0.3) is 0 Å². The van der Waals surface area contributed by atoms with E-state index in [0.29, 0.717) is 0 Å². The van der Waals surface area contributed by atoms with Gasteiger partial charge in [0.2, 0.25) is 0 Å². The van der Waals surface area contributed by atoms with Gasteiger partial charge in [-0.3, -0.25) is 4.79 Å². The molecule has 0 aliphatic carbocycles. The lowest BCUT2D eigenvalue weighted by Crippen LogP contribution is -2.44. The lowest BCUT2D eigenvalue weighted by molar-refractivity contribution is -0.409. The van der Waals surface area contributed by atoms with E-state index in [1.807, 2.05) is 0 Å². The Morgan fingerprint density at radius 3 is 2.56 bits per heavy atom. The Kier molecular flexibility index (Phi) is 9.73. The lowest BCUT2D eigenvalue weighted by Gasteiger charge is -2.41. The molecule has 0 spiro atoms. The van der Waals surface area contributed by atoms with Gasteiger partial charge in [0.05, 0.1) is 6.42 Å². The number of aliphatic carboxylic acids is 1. The molecule has 1 saturated heterocycles. The first-order valence-corrected chi connectivity index (χ1v) is 10.1. The maximum Gasteiger partial charge on any atom is 0.306 e. The summed E-state index contributed by atoms with van der Waals surface area (Å²) in [6.45, 7) is 10.9. The summed E-state index contributed by atoms with van der Waals surface area (Å²) in [4.78, 5) is 22.4. The Balaban J connectivity index is 2.79. The standard InChI is InChI=1S/C21H38O4/c1-6-10-11-17(7-2)12-16(5)14-21(9-4)15-18(8-3)19(24-25-21)13-20(22)23/h14,17-19H,6-13,15H2,1-5H3,(H,22,23)/b16-14+/t17?,18-,19-,21-/m1/s1. The van der Waals surface area contributed by atoms with Crippen LogP contribution in [0.3, 0.4) is 0 Å². The summed E-state index contributed by atoms with van der Waals surface area (Å²) in [7, 11) is 0. The Morgan fingerprint density at radius 2 is 2.04 bits per heavy atom. The SMILES string of the molecule is CCCCC(CC)C/C(C)=C/[C@]1(CC)C[C@@H](CC)[C@@H](CC(=O)O)OO1. The van der Waals surface area contributed by atoms with Gasteiger partial charge in [-0.05, 0) is 38.0 Å². The maximum absolute atomic E-state index is 11.0. The van der Waals surface area contributed by atoms with Crippen molar-refractivity contribution >= 4 is 5.97 Å². The molecule has 0 aromatic heterocycles. The highest BCUT2D eigenvalue weighted by molar-refractivity contribution is 5.67. The predicted octanol–water partition coefficient (Wildman–Crippen LogP) is 5.91. The molecule has 0 aromatic rings. The van der Waals surface area contributed by atoms with Gasteiger partial charge in [0, 0.05) is 0 Å². The fourth-order valence-electron chi connectivity index (χ4n) is 3.92. The molecule has 1 rings (SSSR count). The molecule has 1 heterocycles. The van der Waals surface area contributed by atoms with E-state index < -0.39 is 11.6 Å². The smallest absolute Gasteiger partial charge is 0.306 e. The second-order valence-corrected chi connectivity index (χ2v) is 7.72. The number of rotatable bonds is 11. The van der Waals surface area contributed by atoms with Crippen molar-refractivity contribution in [2.24, 2.45) is 11.8 Å². The van der Waals surface area contributed by atoms with E-state index in [9.17, 15) is 4.79 Å². The summed E-state index contributed by atoms with van der Waals surface area (Å²) < 4.78 is 0. The molecular weight excluding hydrogens is 316 g/mol. The Morgan fingerprint density at radius 1 is 1.32 bits per heavy atom. The van der Waals surface area contributed by atoms with E-state index in [0.717, 1.165) is 31.6 Å². The number of unbranched alkanes of at least 4 members (excludes halogenated alkanes) is 1. The maximum atomic E-state index is 11.0. The van der Waals surface area contributed by atoms with Crippen LogP contribution in [0, 0.1) is 11.8 Å². The van der Waals surface area contributed by atoms with E-state index in [1.54, 1.807) is 0 Å². The van der Waals surface area contributed by atoms with Crippen molar-refractivity contribution in [2.75, 3.05) is 0 Å². The third kappa shape index (κ3) is 7.10. The largest absolute Gasteiger partial charge is 0.481 e. The molecule has 1 N–H and O–H groups in total. The monoisotopic (exact) mass is 354 g/mol. The van der Waals surface area contributed by atoms with Crippen LogP contribution >= 0.6 is 0 Å². The average Bonchev–Trinajstić information content (AvgIpc) is 2.59. The molecule has 0 saturated carbocycles. The van der Waals surface area contributed by atoms with Gasteiger partial charge < -0.3 is 5.11 Å². The van der Waals surface area contributed by atoms with Crippen LogP contribution in [-0.4, -0.2) is 22.8 Å². The molecule has 1 aliphatic rings. The molecule has 0 radical (unpaired) electrons. The number of carboxylic acid groups (broad SMARTS) is 1. The van der Waals surface area contributed by atoms with E-state index in [1.165, 1.54) is 31.3 Å². The summed E-state index contributed by atoms with van der Waals surface area (Å²) in [5.74, 6) is 0.122. The third-order valence-electron chi connectivity index (χ3n) is 5.63. The van der Waals surface area contributed by atoms with Crippen LogP contribution in [-0.2, 0) is 14.6 Å². The summed E-state index contributed by atoms with van der Waals surface area (Å²) in [6, 6.07) is 0. The van der Waals surface area contributed by atoms with E-state index in [2.05, 4.69) is 40.7 Å². The summed E-state index contributed by atoms with van der Waals surface area (Å²) in [6.07, 6.45) is 10.6. The molecule has 1 fully saturated rings. The second kappa shape index (κ2) is 11.0. The first kappa shape index (κ1) is 22.2.